The number of hydrogen-bond donors (Lipinski definition) is 0. The van der Waals surface area contributed by atoms with Crippen LogP contribution in [0, 0.1) is 5.92 Å². The van der Waals surface area contributed by atoms with Gasteiger partial charge in [0.2, 0.25) is 5.91 Å². The van der Waals surface area contributed by atoms with E-state index >= 15 is 0 Å². The molecule has 6 nitrogen and oxygen atoms in total. The summed E-state index contributed by atoms with van der Waals surface area (Å²) < 4.78 is 39.7. The molecule has 0 aliphatic carbocycles. The van der Waals surface area contributed by atoms with Crippen LogP contribution in [0.15, 0.2) is 24.3 Å². The third-order valence-electron chi connectivity index (χ3n) is 5.37. The number of hydrogen-bond acceptors (Lipinski definition) is 5. The summed E-state index contributed by atoms with van der Waals surface area (Å²) in [6.45, 7) is 3.26. The van der Waals surface area contributed by atoms with Gasteiger partial charge in [0.25, 0.3) is 0 Å². The highest BCUT2D eigenvalue weighted by Gasteiger charge is 2.24. The van der Waals surface area contributed by atoms with Gasteiger partial charge < -0.3 is 19.1 Å². The highest BCUT2D eigenvalue weighted by molar-refractivity contribution is 5.91. The number of benzene rings is 1. The van der Waals surface area contributed by atoms with Crippen LogP contribution in [0.25, 0.3) is 6.08 Å². The molecule has 0 spiro atoms. The number of alkyl halides is 2. The number of rotatable bonds is 7. The lowest BCUT2D eigenvalue weighted by Crippen LogP contribution is -2.43. The van der Waals surface area contributed by atoms with E-state index in [-0.39, 0.29) is 17.4 Å². The number of morpholine rings is 1. The van der Waals surface area contributed by atoms with Crippen LogP contribution in [0.2, 0.25) is 0 Å². The molecule has 8 heteroatoms. The van der Waals surface area contributed by atoms with Crippen molar-refractivity contribution in [2.24, 2.45) is 5.92 Å². The lowest BCUT2D eigenvalue weighted by atomic mass is 9.96. The Hall–Kier alpha value is -2.19. The molecule has 2 saturated heterocycles. The predicted molar refractivity (Wildman–Crippen MR) is 105 cm³/mol. The van der Waals surface area contributed by atoms with Gasteiger partial charge in [-0.05, 0) is 42.5 Å². The zero-order valence-electron chi connectivity index (χ0n) is 16.7. The van der Waals surface area contributed by atoms with Gasteiger partial charge in [0.05, 0.1) is 20.3 Å². The molecule has 0 N–H and O–H groups in total. The Morgan fingerprint density at radius 3 is 2.59 bits per heavy atom. The van der Waals surface area contributed by atoms with Gasteiger partial charge in [-0.3, -0.25) is 9.69 Å². The molecule has 0 unspecified atom stereocenters. The molecule has 2 fully saturated rings. The van der Waals surface area contributed by atoms with E-state index in [1.165, 1.54) is 19.3 Å². The van der Waals surface area contributed by atoms with Gasteiger partial charge in [-0.15, -0.1) is 0 Å². The zero-order valence-corrected chi connectivity index (χ0v) is 16.7. The van der Waals surface area contributed by atoms with Crippen molar-refractivity contribution in [3.63, 3.8) is 0 Å². The highest BCUT2D eigenvalue weighted by Crippen LogP contribution is 2.30. The number of ether oxygens (including phenoxy) is 3. The molecule has 0 radical (unpaired) electrons. The van der Waals surface area contributed by atoms with Gasteiger partial charge in [0, 0.05) is 38.8 Å². The number of halogens is 2. The van der Waals surface area contributed by atoms with Crippen LogP contribution in [-0.2, 0) is 9.53 Å². The maximum Gasteiger partial charge on any atom is 0.387 e. The van der Waals surface area contributed by atoms with E-state index in [1.54, 1.807) is 18.2 Å². The zero-order chi connectivity index (χ0) is 20.6. The fourth-order valence-electron chi connectivity index (χ4n) is 3.74. The maximum atomic E-state index is 12.5. The quantitative estimate of drug-likeness (QED) is 0.647. The van der Waals surface area contributed by atoms with Crippen LogP contribution in [0.5, 0.6) is 11.5 Å². The summed E-state index contributed by atoms with van der Waals surface area (Å²) in [4.78, 5) is 16.8. The second kappa shape index (κ2) is 10.5. The molecular weight excluding hydrogens is 382 g/mol. The van der Waals surface area contributed by atoms with Gasteiger partial charge in [-0.1, -0.05) is 6.07 Å². The third-order valence-corrected chi connectivity index (χ3v) is 5.37. The minimum absolute atomic E-state index is 0.0340. The van der Waals surface area contributed by atoms with Crippen LogP contribution in [0.4, 0.5) is 8.78 Å². The molecular formula is C21H28F2N2O4. The Morgan fingerprint density at radius 2 is 1.93 bits per heavy atom. The van der Waals surface area contributed by atoms with Gasteiger partial charge >= 0.3 is 6.61 Å². The van der Waals surface area contributed by atoms with Crippen LogP contribution >= 0.6 is 0 Å². The van der Waals surface area contributed by atoms with Crippen molar-refractivity contribution in [1.82, 2.24) is 9.80 Å². The Morgan fingerprint density at radius 1 is 1.21 bits per heavy atom. The molecule has 29 heavy (non-hydrogen) atoms. The van der Waals surface area contributed by atoms with Crippen molar-refractivity contribution in [3.05, 3.63) is 29.8 Å². The Labute approximate surface area is 170 Å². The number of amides is 1. The van der Waals surface area contributed by atoms with Gasteiger partial charge in [-0.2, -0.15) is 8.78 Å². The monoisotopic (exact) mass is 410 g/mol. The molecule has 2 heterocycles. The second-order valence-corrected chi connectivity index (χ2v) is 7.30. The van der Waals surface area contributed by atoms with E-state index in [9.17, 15) is 13.6 Å². The van der Waals surface area contributed by atoms with Crippen molar-refractivity contribution < 1.29 is 27.8 Å². The standard InChI is InChI=1S/C21H28F2N2O4/c1-27-19-14-16(2-4-18(19)29-21(22)23)3-5-20(26)25-8-6-17(7-9-25)15-24-10-12-28-13-11-24/h2-5,14,17,21H,6-13,15H2,1H3/b5-3+. The molecule has 0 atom stereocenters. The topological polar surface area (TPSA) is 51.2 Å². The van der Waals surface area contributed by atoms with Crippen LogP contribution < -0.4 is 9.47 Å². The molecule has 3 rings (SSSR count). The lowest BCUT2D eigenvalue weighted by molar-refractivity contribution is -0.127. The van der Waals surface area contributed by atoms with Crippen molar-refractivity contribution in [3.8, 4) is 11.5 Å². The fraction of sp³-hybridized carbons (Fsp3) is 0.571. The molecule has 1 amide bonds. The Kier molecular flexibility index (Phi) is 7.83. The predicted octanol–water partition coefficient (Wildman–Crippen LogP) is 2.88. The summed E-state index contributed by atoms with van der Waals surface area (Å²) in [7, 11) is 1.38. The summed E-state index contributed by atoms with van der Waals surface area (Å²) in [6, 6.07) is 4.58. The third kappa shape index (κ3) is 6.40. The first kappa shape index (κ1) is 21.5. The van der Waals surface area contributed by atoms with Gasteiger partial charge in [0.15, 0.2) is 11.5 Å². The van der Waals surface area contributed by atoms with Crippen molar-refractivity contribution in [2.45, 2.75) is 19.5 Å². The number of methoxy groups -OCH3 is 1. The summed E-state index contributed by atoms with van der Waals surface area (Å²) in [5.41, 5.74) is 0.680. The normalized spacial score (nSPS) is 19.1. The maximum absolute atomic E-state index is 12.5. The summed E-state index contributed by atoms with van der Waals surface area (Å²) in [6.07, 6.45) is 5.19. The number of carbonyl (C=O) groups excluding carboxylic acids is 1. The smallest absolute Gasteiger partial charge is 0.387 e. The minimum atomic E-state index is -2.92. The van der Waals surface area contributed by atoms with E-state index in [2.05, 4.69) is 9.64 Å². The van der Waals surface area contributed by atoms with Crippen molar-refractivity contribution in [1.29, 1.82) is 0 Å². The van der Waals surface area contributed by atoms with Crippen LogP contribution in [-0.4, -0.2) is 75.4 Å². The van der Waals surface area contributed by atoms with Crippen LogP contribution in [0.1, 0.15) is 18.4 Å². The van der Waals surface area contributed by atoms with Crippen molar-refractivity contribution in [2.75, 3.05) is 53.0 Å². The summed E-state index contributed by atoms with van der Waals surface area (Å²) in [5, 5.41) is 0. The van der Waals surface area contributed by atoms with E-state index in [0.29, 0.717) is 11.5 Å². The first-order valence-corrected chi connectivity index (χ1v) is 9.95. The molecule has 2 aliphatic rings. The summed E-state index contributed by atoms with van der Waals surface area (Å²) >= 11 is 0. The van der Waals surface area contributed by atoms with E-state index in [0.717, 1.165) is 58.8 Å². The molecule has 160 valence electrons. The Bertz CT molecular complexity index is 700. The molecule has 0 aromatic heterocycles. The van der Waals surface area contributed by atoms with Crippen LogP contribution in [0.3, 0.4) is 0 Å². The van der Waals surface area contributed by atoms with Gasteiger partial charge in [0.1, 0.15) is 0 Å². The van der Waals surface area contributed by atoms with Crippen molar-refractivity contribution >= 4 is 12.0 Å². The minimum Gasteiger partial charge on any atom is -0.493 e. The number of nitrogens with zero attached hydrogens (tertiary/aromatic N) is 2. The molecule has 0 bridgehead atoms. The molecule has 1 aromatic carbocycles. The molecule has 2 aliphatic heterocycles. The van der Waals surface area contributed by atoms with E-state index in [4.69, 9.17) is 9.47 Å². The Balaban J connectivity index is 1.49. The molecule has 1 aromatic rings. The number of carbonyl (C=O) groups is 1. The average molecular weight is 410 g/mol. The summed E-state index contributed by atoms with van der Waals surface area (Å²) in [5.74, 6) is 0.742. The highest BCUT2D eigenvalue weighted by atomic mass is 19.3. The average Bonchev–Trinajstić information content (AvgIpc) is 2.73. The first-order valence-electron chi connectivity index (χ1n) is 9.95. The van der Waals surface area contributed by atoms with Gasteiger partial charge in [-0.25, -0.2) is 0 Å². The fourth-order valence-corrected chi connectivity index (χ4v) is 3.74. The molecule has 0 saturated carbocycles. The largest absolute Gasteiger partial charge is 0.493 e. The number of piperidine rings is 1. The lowest BCUT2D eigenvalue weighted by Gasteiger charge is -2.35. The van der Waals surface area contributed by atoms with E-state index < -0.39 is 6.61 Å². The first-order chi connectivity index (χ1) is 14.0. The second-order valence-electron chi connectivity index (χ2n) is 7.30. The number of likely N-dealkylation sites (tertiary alicyclic amines) is 1. The van der Waals surface area contributed by atoms with E-state index in [1.807, 2.05) is 4.90 Å². The SMILES string of the molecule is COc1cc(/C=C/C(=O)N2CCC(CN3CCOCC3)CC2)ccc1OC(F)F.